The molecule has 1 atom stereocenters. The molecule has 0 amide bonds. The quantitative estimate of drug-likeness (QED) is 0.929. The standard InChI is InChI=1S/C17H21N3O/c1-4-18-16-10-13(11(2)3)19-17(20-16)15-9-12-7-5-6-8-14(12)21-15/h5-8,10-11,15H,4,9H2,1-3H3,(H,18,19,20). The first-order chi connectivity index (χ1) is 10.2. The maximum absolute atomic E-state index is 6.01. The van der Waals surface area contributed by atoms with Crippen LogP contribution in [0.1, 0.15) is 49.9 Å². The number of nitrogens with zero attached hydrogens (tertiary/aromatic N) is 2. The molecule has 21 heavy (non-hydrogen) atoms. The summed E-state index contributed by atoms with van der Waals surface area (Å²) >= 11 is 0. The molecule has 0 spiro atoms. The highest BCUT2D eigenvalue weighted by molar-refractivity contribution is 5.40. The molecular formula is C17H21N3O. The van der Waals surface area contributed by atoms with Gasteiger partial charge in [-0.15, -0.1) is 0 Å². The molecule has 4 heteroatoms. The van der Waals surface area contributed by atoms with Crippen LogP contribution in [0.2, 0.25) is 0 Å². The van der Waals surface area contributed by atoms with E-state index in [0.717, 1.165) is 36.1 Å². The summed E-state index contributed by atoms with van der Waals surface area (Å²) in [6.45, 7) is 7.21. The van der Waals surface area contributed by atoms with E-state index >= 15 is 0 Å². The fraction of sp³-hybridized carbons (Fsp3) is 0.412. The lowest BCUT2D eigenvalue weighted by Crippen LogP contribution is -2.13. The number of rotatable bonds is 4. The van der Waals surface area contributed by atoms with Gasteiger partial charge in [-0.1, -0.05) is 32.0 Å². The van der Waals surface area contributed by atoms with E-state index in [2.05, 4.69) is 37.1 Å². The Hall–Kier alpha value is -2.10. The van der Waals surface area contributed by atoms with Crippen LogP contribution in [-0.4, -0.2) is 16.5 Å². The van der Waals surface area contributed by atoms with Crippen LogP contribution in [0.3, 0.4) is 0 Å². The van der Waals surface area contributed by atoms with Crippen molar-refractivity contribution in [2.24, 2.45) is 0 Å². The van der Waals surface area contributed by atoms with Crippen molar-refractivity contribution < 1.29 is 4.74 Å². The van der Waals surface area contributed by atoms with Gasteiger partial charge in [0, 0.05) is 24.7 Å². The van der Waals surface area contributed by atoms with Gasteiger partial charge in [0.15, 0.2) is 11.9 Å². The van der Waals surface area contributed by atoms with E-state index in [4.69, 9.17) is 9.72 Å². The zero-order valence-electron chi connectivity index (χ0n) is 12.8. The second kappa shape index (κ2) is 5.72. The third-order valence-corrected chi connectivity index (χ3v) is 3.65. The number of hydrogen-bond donors (Lipinski definition) is 1. The molecule has 0 saturated heterocycles. The van der Waals surface area contributed by atoms with Crippen molar-refractivity contribution >= 4 is 5.82 Å². The summed E-state index contributed by atoms with van der Waals surface area (Å²) in [4.78, 5) is 9.33. The monoisotopic (exact) mass is 283 g/mol. The number of nitrogens with one attached hydrogen (secondary N) is 1. The fourth-order valence-corrected chi connectivity index (χ4v) is 2.52. The van der Waals surface area contributed by atoms with Crippen LogP contribution in [0.4, 0.5) is 5.82 Å². The van der Waals surface area contributed by atoms with Gasteiger partial charge in [0.2, 0.25) is 0 Å². The van der Waals surface area contributed by atoms with Crippen LogP contribution in [0.5, 0.6) is 5.75 Å². The SMILES string of the molecule is CCNc1cc(C(C)C)nc(C2Cc3ccccc3O2)n1. The van der Waals surface area contributed by atoms with E-state index in [-0.39, 0.29) is 6.10 Å². The average molecular weight is 283 g/mol. The molecule has 2 aromatic rings. The minimum Gasteiger partial charge on any atom is -0.482 e. The van der Waals surface area contributed by atoms with Crippen LogP contribution in [-0.2, 0) is 6.42 Å². The molecule has 0 bridgehead atoms. The second-order valence-corrected chi connectivity index (χ2v) is 5.64. The van der Waals surface area contributed by atoms with E-state index in [0.29, 0.717) is 5.92 Å². The smallest absolute Gasteiger partial charge is 0.172 e. The Morgan fingerprint density at radius 3 is 2.81 bits per heavy atom. The molecule has 0 saturated carbocycles. The Morgan fingerprint density at radius 2 is 2.10 bits per heavy atom. The highest BCUT2D eigenvalue weighted by Crippen LogP contribution is 2.35. The summed E-state index contributed by atoms with van der Waals surface area (Å²) in [5, 5.41) is 3.28. The Morgan fingerprint density at radius 1 is 1.29 bits per heavy atom. The number of anilines is 1. The number of fused-ring (bicyclic) bond motifs is 1. The molecule has 1 aromatic carbocycles. The first kappa shape index (κ1) is 13.9. The minimum atomic E-state index is -0.0847. The molecule has 0 radical (unpaired) electrons. The molecule has 110 valence electrons. The van der Waals surface area contributed by atoms with Crippen molar-refractivity contribution in [2.45, 2.75) is 39.2 Å². The summed E-state index contributed by atoms with van der Waals surface area (Å²) in [6.07, 6.45) is 0.752. The van der Waals surface area contributed by atoms with Crippen molar-refractivity contribution in [3.05, 3.63) is 47.4 Å². The van der Waals surface area contributed by atoms with Gasteiger partial charge in [-0.05, 0) is 24.5 Å². The summed E-state index contributed by atoms with van der Waals surface area (Å²) in [6, 6.07) is 10.2. The molecule has 0 fully saturated rings. The van der Waals surface area contributed by atoms with Crippen molar-refractivity contribution in [3.63, 3.8) is 0 Å². The Labute approximate surface area is 125 Å². The highest BCUT2D eigenvalue weighted by atomic mass is 16.5. The number of para-hydroxylation sites is 1. The van der Waals surface area contributed by atoms with Gasteiger partial charge in [-0.3, -0.25) is 0 Å². The van der Waals surface area contributed by atoms with Gasteiger partial charge in [0.25, 0.3) is 0 Å². The van der Waals surface area contributed by atoms with Gasteiger partial charge in [0.05, 0.1) is 0 Å². The largest absolute Gasteiger partial charge is 0.482 e. The van der Waals surface area contributed by atoms with Crippen molar-refractivity contribution in [1.82, 2.24) is 9.97 Å². The predicted molar refractivity (Wildman–Crippen MR) is 83.8 cm³/mol. The first-order valence-electron chi connectivity index (χ1n) is 7.54. The molecule has 4 nitrogen and oxygen atoms in total. The molecule has 1 N–H and O–H groups in total. The van der Waals surface area contributed by atoms with Gasteiger partial charge in [-0.2, -0.15) is 0 Å². The van der Waals surface area contributed by atoms with E-state index in [1.54, 1.807) is 0 Å². The van der Waals surface area contributed by atoms with Gasteiger partial charge >= 0.3 is 0 Å². The average Bonchev–Trinajstić information content (AvgIpc) is 2.91. The molecular weight excluding hydrogens is 262 g/mol. The van der Waals surface area contributed by atoms with Crippen LogP contribution in [0, 0.1) is 0 Å². The summed E-state index contributed by atoms with van der Waals surface area (Å²) in [5.41, 5.74) is 2.28. The lowest BCUT2D eigenvalue weighted by molar-refractivity contribution is 0.227. The zero-order chi connectivity index (χ0) is 14.8. The molecule has 3 rings (SSSR count). The zero-order valence-corrected chi connectivity index (χ0v) is 12.8. The summed E-state index contributed by atoms with van der Waals surface area (Å²) in [7, 11) is 0. The first-order valence-corrected chi connectivity index (χ1v) is 7.54. The van der Waals surface area contributed by atoms with Crippen LogP contribution >= 0.6 is 0 Å². The van der Waals surface area contributed by atoms with Crippen molar-refractivity contribution in [1.29, 1.82) is 0 Å². The lowest BCUT2D eigenvalue weighted by atomic mass is 10.1. The predicted octanol–water partition coefficient (Wildman–Crippen LogP) is 3.71. The Kier molecular flexibility index (Phi) is 3.78. The molecule has 2 heterocycles. The lowest BCUT2D eigenvalue weighted by Gasteiger charge is -2.14. The fourth-order valence-electron chi connectivity index (χ4n) is 2.52. The molecule has 1 aliphatic rings. The van der Waals surface area contributed by atoms with Gasteiger partial charge < -0.3 is 10.1 Å². The van der Waals surface area contributed by atoms with Gasteiger partial charge in [-0.25, -0.2) is 9.97 Å². The normalized spacial score (nSPS) is 16.7. The van der Waals surface area contributed by atoms with E-state index in [1.807, 2.05) is 24.3 Å². The van der Waals surface area contributed by atoms with Crippen LogP contribution < -0.4 is 10.1 Å². The van der Waals surface area contributed by atoms with Crippen molar-refractivity contribution in [2.75, 3.05) is 11.9 Å². The van der Waals surface area contributed by atoms with Gasteiger partial charge in [0.1, 0.15) is 11.6 Å². The maximum Gasteiger partial charge on any atom is 0.172 e. The van der Waals surface area contributed by atoms with Crippen LogP contribution in [0.25, 0.3) is 0 Å². The number of hydrogen-bond acceptors (Lipinski definition) is 4. The van der Waals surface area contributed by atoms with E-state index in [9.17, 15) is 0 Å². The number of benzene rings is 1. The summed E-state index contributed by atoms with van der Waals surface area (Å²) in [5.74, 6) is 2.97. The molecule has 1 aliphatic heterocycles. The molecule has 1 unspecified atom stereocenters. The van der Waals surface area contributed by atoms with E-state index in [1.165, 1.54) is 5.56 Å². The Balaban J connectivity index is 1.92. The topological polar surface area (TPSA) is 47.0 Å². The summed E-state index contributed by atoms with van der Waals surface area (Å²) < 4.78 is 6.01. The van der Waals surface area contributed by atoms with Crippen molar-refractivity contribution in [3.8, 4) is 5.75 Å². The second-order valence-electron chi connectivity index (χ2n) is 5.64. The highest BCUT2D eigenvalue weighted by Gasteiger charge is 2.27. The molecule has 0 aliphatic carbocycles. The number of aromatic nitrogens is 2. The third kappa shape index (κ3) is 2.84. The van der Waals surface area contributed by atoms with Crippen LogP contribution in [0.15, 0.2) is 30.3 Å². The van der Waals surface area contributed by atoms with E-state index < -0.39 is 0 Å². The third-order valence-electron chi connectivity index (χ3n) is 3.65. The molecule has 1 aromatic heterocycles. The Bertz CT molecular complexity index is 615. The minimum absolute atomic E-state index is 0.0847. The number of ether oxygens (including phenoxy) is 1. The maximum atomic E-state index is 6.01.